The lowest BCUT2D eigenvalue weighted by Gasteiger charge is -2.37. The van der Waals surface area contributed by atoms with Crippen LogP contribution in [0, 0.1) is 17.1 Å². The molecule has 0 radical (unpaired) electrons. The Bertz CT molecular complexity index is 1620. The number of anilines is 1. The zero-order chi connectivity index (χ0) is 31.8. The van der Waals surface area contributed by atoms with Gasteiger partial charge in [0.25, 0.3) is 0 Å². The van der Waals surface area contributed by atoms with Crippen molar-refractivity contribution in [1.82, 2.24) is 14.7 Å². The molecule has 0 bridgehead atoms. The molecule has 3 amide bonds. The molecule has 3 aromatic rings. The molecule has 2 atom stereocenters. The third kappa shape index (κ3) is 6.34. The van der Waals surface area contributed by atoms with Gasteiger partial charge in [0.15, 0.2) is 0 Å². The van der Waals surface area contributed by atoms with Crippen molar-refractivity contribution in [2.75, 3.05) is 44.7 Å². The van der Waals surface area contributed by atoms with Crippen LogP contribution in [0.3, 0.4) is 0 Å². The summed E-state index contributed by atoms with van der Waals surface area (Å²) in [6, 6.07) is 15.8. The fraction of sp³-hybridized carbons (Fsp3) is 0.323. The van der Waals surface area contributed by atoms with Gasteiger partial charge in [0, 0.05) is 45.3 Å². The summed E-state index contributed by atoms with van der Waals surface area (Å²) in [5, 5.41) is 9.98. The molecule has 0 unspecified atom stereocenters. The van der Waals surface area contributed by atoms with Crippen molar-refractivity contribution >= 4 is 40.8 Å². The Hall–Kier alpha value is -3.85. The first-order chi connectivity index (χ1) is 20.9. The van der Waals surface area contributed by atoms with E-state index < -0.39 is 41.5 Å². The Morgan fingerprint density at radius 3 is 2.36 bits per heavy atom. The monoisotopic (exact) mass is 647 g/mol. The van der Waals surface area contributed by atoms with Gasteiger partial charge in [0.2, 0.25) is 5.91 Å². The first-order valence-electron chi connectivity index (χ1n) is 13.7. The predicted octanol–water partition coefficient (Wildman–Crippen LogP) is 6.39. The lowest BCUT2D eigenvalue weighted by molar-refractivity contribution is -0.140. The third-order valence-electron chi connectivity index (χ3n) is 8.07. The molecule has 7 nitrogen and oxygen atoms in total. The van der Waals surface area contributed by atoms with E-state index >= 15 is 0 Å². The van der Waals surface area contributed by atoms with Crippen LogP contribution in [0.5, 0.6) is 0 Å². The first-order valence-corrected chi connectivity index (χ1v) is 14.5. The van der Waals surface area contributed by atoms with Gasteiger partial charge in [0.1, 0.15) is 11.9 Å². The van der Waals surface area contributed by atoms with Gasteiger partial charge in [-0.3, -0.25) is 14.6 Å². The second kappa shape index (κ2) is 12.6. The Morgan fingerprint density at radius 1 is 1.02 bits per heavy atom. The van der Waals surface area contributed by atoms with Gasteiger partial charge in [-0.1, -0.05) is 47.5 Å². The number of carbonyl (C=O) groups is 2. The zero-order valence-corrected chi connectivity index (χ0v) is 25.0. The van der Waals surface area contributed by atoms with Crippen LogP contribution >= 0.6 is 23.2 Å². The maximum absolute atomic E-state index is 14.3. The number of nitriles is 1. The predicted molar refractivity (Wildman–Crippen MR) is 158 cm³/mol. The second-order valence-corrected chi connectivity index (χ2v) is 11.6. The van der Waals surface area contributed by atoms with E-state index in [9.17, 15) is 32.4 Å². The number of piperazine rings is 1. The molecule has 2 heterocycles. The molecule has 44 heavy (non-hydrogen) atoms. The molecule has 3 aromatic carbocycles. The number of carbonyl (C=O) groups excluding carboxylic acids is 2. The van der Waals surface area contributed by atoms with E-state index in [1.54, 1.807) is 47.2 Å². The molecule has 230 valence electrons. The highest BCUT2D eigenvalue weighted by Crippen LogP contribution is 2.37. The van der Waals surface area contributed by atoms with Crippen molar-refractivity contribution in [3.05, 3.63) is 98.8 Å². The van der Waals surface area contributed by atoms with E-state index in [2.05, 4.69) is 6.07 Å². The summed E-state index contributed by atoms with van der Waals surface area (Å²) in [6.07, 6.45) is -4.82. The summed E-state index contributed by atoms with van der Waals surface area (Å²) in [6.45, 7) is 1.59. The number of nitrogens with zero attached hydrogens (tertiary/aromatic N) is 5. The number of alkyl halides is 3. The van der Waals surface area contributed by atoms with Crippen LogP contribution in [0.2, 0.25) is 10.0 Å². The van der Waals surface area contributed by atoms with Gasteiger partial charge in [-0.25, -0.2) is 9.18 Å². The smallest absolute Gasteiger partial charge is 0.367 e. The van der Waals surface area contributed by atoms with E-state index in [1.807, 2.05) is 17.0 Å². The van der Waals surface area contributed by atoms with Crippen LogP contribution in [0.15, 0.2) is 60.7 Å². The van der Waals surface area contributed by atoms with Crippen molar-refractivity contribution < 1.29 is 27.2 Å². The number of imide groups is 1. The van der Waals surface area contributed by atoms with Gasteiger partial charge in [-0.2, -0.15) is 18.4 Å². The van der Waals surface area contributed by atoms with Crippen molar-refractivity contribution in [1.29, 1.82) is 5.26 Å². The lowest BCUT2D eigenvalue weighted by Crippen LogP contribution is -2.53. The van der Waals surface area contributed by atoms with E-state index in [4.69, 9.17) is 23.2 Å². The maximum Gasteiger partial charge on any atom is 0.419 e. The molecular weight excluding hydrogens is 621 g/mol. The minimum Gasteiger partial charge on any atom is -0.367 e. The van der Waals surface area contributed by atoms with Crippen molar-refractivity contribution in [3.8, 4) is 6.07 Å². The van der Waals surface area contributed by atoms with Crippen LogP contribution in [-0.2, 0) is 17.5 Å². The highest BCUT2D eigenvalue weighted by atomic mass is 35.5. The molecule has 2 aliphatic rings. The van der Waals surface area contributed by atoms with Crippen molar-refractivity contribution in [2.45, 2.75) is 24.7 Å². The second-order valence-electron chi connectivity index (χ2n) is 10.8. The van der Waals surface area contributed by atoms with E-state index in [-0.39, 0.29) is 28.7 Å². The van der Waals surface area contributed by atoms with Gasteiger partial charge in [-0.15, -0.1) is 0 Å². The van der Waals surface area contributed by atoms with Crippen LogP contribution in [-0.4, -0.2) is 72.5 Å². The van der Waals surface area contributed by atoms with Gasteiger partial charge < -0.3 is 9.80 Å². The fourth-order valence-electron chi connectivity index (χ4n) is 5.80. The van der Waals surface area contributed by atoms with Crippen LogP contribution < -0.4 is 4.90 Å². The average Bonchev–Trinajstić information content (AvgIpc) is 3.34. The highest BCUT2D eigenvalue weighted by molar-refractivity contribution is 6.42. The lowest BCUT2D eigenvalue weighted by atomic mass is 9.92. The molecule has 0 N–H and O–H groups in total. The molecule has 0 saturated carbocycles. The minimum atomic E-state index is -4.82. The van der Waals surface area contributed by atoms with Crippen molar-refractivity contribution in [3.63, 3.8) is 0 Å². The minimum absolute atomic E-state index is 0.000322. The van der Waals surface area contributed by atoms with Gasteiger partial charge in [-0.05, 0) is 54.6 Å². The number of halogens is 6. The molecule has 2 aliphatic heterocycles. The molecule has 5 rings (SSSR count). The molecule has 0 aliphatic carbocycles. The Kier molecular flexibility index (Phi) is 9.07. The number of hydrogen-bond acceptors (Lipinski definition) is 5. The van der Waals surface area contributed by atoms with Gasteiger partial charge >= 0.3 is 12.2 Å². The zero-order valence-electron chi connectivity index (χ0n) is 23.5. The van der Waals surface area contributed by atoms with E-state index in [1.165, 1.54) is 11.0 Å². The molecule has 0 aromatic heterocycles. The molecule has 13 heteroatoms. The van der Waals surface area contributed by atoms with Crippen molar-refractivity contribution in [2.24, 2.45) is 0 Å². The van der Waals surface area contributed by atoms with Crippen LogP contribution in [0.25, 0.3) is 0 Å². The highest BCUT2D eigenvalue weighted by Gasteiger charge is 2.47. The summed E-state index contributed by atoms with van der Waals surface area (Å²) in [5.41, 5.74) is 0.747. The Balaban J connectivity index is 1.36. The number of hydrogen-bond donors (Lipinski definition) is 0. The summed E-state index contributed by atoms with van der Waals surface area (Å²) >= 11 is 12.4. The summed E-state index contributed by atoms with van der Waals surface area (Å²) in [5.74, 6) is -2.69. The topological polar surface area (TPSA) is 70.9 Å². The summed E-state index contributed by atoms with van der Waals surface area (Å²) in [4.78, 5) is 34.1. The summed E-state index contributed by atoms with van der Waals surface area (Å²) < 4.78 is 53.6. The number of amides is 3. The van der Waals surface area contributed by atoms with Crippen LogP contribution in [0.4, 0.5) is 28.0 Å². The number of rotatable bonds is 5. The Labute approximate surface area is 261 Å². The van der Waals surface area contributed by atoms with E-state index in [0.717, 1.165) is 11.8 Å². The number of likely N-dealkylation sites (N-methyl/N-ethyl adjacent to an activating group) is 1. The maximum atomic E-state index is 14.3. The molecule has 0 spiro atoms. The first kappa shape index (κ1) is 31.6. The number of likely N-dealkylation sites (tertiary alicyclic amines) is 1. The number of para-hydroxylation sites is 1. The third-order valence-corrected chi connectivity index (χ3v) is 8.81. The molecular formula is C31H27Cl2F4N5O2. The van der Waals surface area contributed by atoms with E-state index in [0.29, 0.717) is 43.4 Å². The Morgan fingerprint density at radius 2 is 1.73 bits per heavy atom. The molecule has 2 saturated heterocycles. The number of benzene rings is 3. The molecule has 2 fully saturated rings. The standard InChI is InChI=1S/C31H27Cl2F4N5O2/c1-39(17-19-6-8-22(25(34)14-19)31(35,36)37)27-18-42(29(43)28(27)20-7-9-23(32)24(33)15-20)30(44)41-12-10-40(11-13-41)26-5-3-2-4-21(26)16-38/h2-9,14-15,27-28H,10-13,17-18H2,1H3/t27-,28+/m1/s1. The summed E-state index contributed by atoms with van der Waals surface area (Å²) in [7, 11) is 1.66. The van der Waals surface area contributed by atoms with Crippen LogP contribution in [0.1, 0.15) is 28.2 Å². The quantitative estimate of drug-likeness (QED) is 0.300. The SMILES string of the molecule is CN(Cc1ccc(C(F)(F)F)c(F)c1)[C@@H]1CN(C(=O)N2CCN(c3ccccc3C#N)CC2)C(=O)[C@H]1c1ccc(Cl)c(Cl)c1. The largest absolute Gasteiger partial charge is 0.419 e. The average molecular weight is 648 g/mol. The fourth-order valence-corrected chi connectivity index (χ4v) is 6.10. The normalized spacial score (nSPS) is 19.1. The van der Waals surface area contributed by atoms with Gasteiger partial charge in [0.05, 0.1) is 32.8 Å². The number of urea groups is 1.